The highest BCUT2D eigenvalue weighted by molar-refractivity contribution is 6.05. The first-order valence-corrected chi connectivity index (χ1v) is 7.10. The highest BCUT2D eigenvalue weighted by atomic mass is 35.5. The molecule has 120 valence electrons. The third kappa shape index (κ3) is 3.69. The van der Waals surface area contributed by atoms with Crippen molar-refractivity contribution in [3.05, 3.63) is 42.2 Å². The number of piperidine rings is 1. The standard InChI is InChI=1S/C16H19N3O.2ClH/c1-17-13-7-10-19(11-8-13)16(20)15-14-5-3-2-4-12(14)6-9-18-15;;/h2-6,9,13,17H,7-8,10-11H2,1H3;2*1H. The molecule has 2 heterocycles. The van der Waals surface area contributed by atoms with Gasteiger partial charge in [0.25, 0.3) is 5.91 Å². The van der Waals surface area contributed by atoms with Gasteiger partial charge in [-0.15, -0.1) is 24.8 Å². The van der Waals surface area contributed by atoms with Gasteiger partial charge in [0.1, 0.15) is 5.69 Å². The van der Waals surface area contributed by atoms with Crippen LogP contribution < -0.4 is 5.32 Å². The van der Waals surface area contributed by atoms with Crippen LogP contribution >= 0.6 is 24.8 Å². The van der Waals surface area contributed by atoms with E-state index < -0.39 is 0 Å². The fourth-order valence-electron chi connectivity index (χ4n) is 2.81. The van der Waals surface area contributed by atoms with Crippen molar-refractivity contribution in [3.63, 3.8) is 0 Å². The summed E-state index contributed by atoms with van der Waals surface area (Å²) >= 11 is 0. The molecule has 0 atom stereocenters. The van der Waals surface area contributed by atoms with Crippen LogP contribution in [0.4, 0.5) is 0 Å². The van der Waals surface area contributed by atoms with Gasteiger partial charge < -0.3 is 10.2 Å². The number of carbonyl (C=O) groups excluding carboxylic acids is 1. The molecule has 0 radical (unpaired) electrons. The summed E-state index contributed by atoms with van der Waals surface area (Å²) in [5.41, 5.74) is 0.575. The van der Waals surface area contributed by atoms with Crippen LogP contribution in [-0.2, 0) is 0 Å². The SMILES string of the molecule is CNC1CCN(C(=O)c2nccc3ccccc23)CC1.Cl.Cl. The Kier molecular flexibility index (Phi) is 7.07. The van der Waals surface area contributed by atoms with Gasteiger partial charge in [-0.2, -0.15) is 0 Å². The number of hydrogen-bond acceptors (Lipinski definition) is 3. The number of nitrogens with zero attached hydrogens (tertiary/aromatic N) is 2. The summed E-state index contributed by atoms with van der Waals surface area (Å²) in [5.74, 6) is 0.0522. The minimum atomic E-state index is 0. The number of aromatic nitrogens is 1. The second kappa shape index (κ2) is 8.32. The monoisotopic (exact) mass is 341 g/mol. The number of pyridine rings is 1. The number of benzene rings is 1. The third-order valence-corrected chi connectivity index (χ3v) is 4.07. The maximum atomic E-state index is 12.7. The minimum Gasteiger partial charge on any atom is -0.337 e. The van der Waals surface area contributed by atoms with Gasteiger partial charge in [0.15, 0.2) is 0 Å². The van der Waals surface area contributed by atoms with Crippen LogP contribution in [0.25, 0.3) is 10.8 Å². The molecule has 0 saturated carbocycles. The van der Waals surface area contributed by atoms with Crippen LogP contribution in [0.3, 0.4) is 0 Å². The van der Waals surface area contributed by atoms with Gasteiger partial charge >= 0.3 is 0 Å². The van der Waals surface area contributed by atoms with Gasteiger partial charge in [-0.05, 0) is 31.3 Å². The third-order valence-electron chi connectivity index (χ3n) is 4.07. The molecule has 1 N–H and O–H groups in total. The molecule has 1 saturated heterocycles. The van der Waals surface area contributed by atoms with Crippen molar-refractivity contribution >= 4 is 41.5 Å². The number of halogens is 2. The number of carbonyl (C=O) groups is 1. The average molecular weight is 342 g/mol. The number of amides is 1. The van der Waals surface area contributed by atoms with Gasteiger partial charge in [-0.25, -0.2) is 0 Å². The first-order valence-electron chi connectivity index (χ1n) is 7.10. The zero-order valence-corrected chi connectivity index (χ0v) is 14.1. The van der Waals surface area contributed by atoms with E-state index in [9.17, 15) is 4.79 Å². The van der Waals surface area contributed by atoms with Gasteiger partial charge in [-0.3, -0.25) is 9.78 Å². The lowest BCUT2D eigenvalue weighted by Crippen LogP contribution is -2.44. The molecule has 3 rings (SSSR count). The number of rotatable bonds is 2. The summed E-state index contributed by atoms with van der Waals surface area (Å²) in [5, 5.41) is 5.29. The van der Waals surface area contributed by atoms with Crippen LogP contribution in [-0.4, -0.2) is 42.0 Å². The van der Waals surface area contributed by atoms with Crippen molar-refractivity contribution in [2.75, 3.05) is 20.1 Å². The van der Waals surface area contributed by atoms with Crippen LogP contribution in [0.15, 0.2) is 36.5 Å². The van der Waals surface area contributed by atoms with Crippen molar-refractivity contribution in [1.82, 2.24) is 15.2 Å². The largest absolute Gasteiger partial charge is 0.337 e. The Hall–Kier alpha value is -1.36. The first-order chi connectivity index (χ1) is 9.79. The zero-order chi connectivity index (χ0) is 13.9. The lowest BCUT2D eigenvalue weighted by Gasteiger charge is -2.31. The van der Waals surface area contributed by atoms with Crippen LogP contribution in [0.1, 0.15) is 23.3 Å². The molecular weight excluding hydrogens is 321 g/mol. The Morgan fingerprint density at radius 3 is 2.55 bits per heavy atom. The molecule has 1 aliphatic rings. The molecule has 1 aromatic heterocycles. The van der Waals surface area contributed by atoms with Crippen molar-refractivity contribution in [1.29, 1.82) is 0 Å². The normalized spacial score (nSPS) is 15.0. The zero-order valence-electron chi connectivity index (χ0n) is 12.5. The topological polar surface area (TPSA) is 45.2 Å². The van der Waals surface area contributed by atoms with Crippen molar-refractivity contribution in [2.24, 2.45) is 0 Å². The number of fused-ring (bicyclic) bond motifs is 1. The highest BCUT2D eigenvalue weighted by Gasteiger charge is 2.24. The molecule has 1 aromatic carbocycles. The second-order valence-corrected chi connectivity index (χ2v) is 5.24. The average Bonchev–Trinajstić information content (AvgIpc) is 2.54. The molecule has 0 spiro atoms. The molecule has 22 heavy (non-hydrogen) atoms. The fourth-order valence-corrected chi connectivity index (χ4v) is 2.81. The molecule has 0 bridgehead atoms. The van der Waals surface area contributed by atoms with Crippen molar-refractivity contribution in [2.45, 2.75) is 18.9 Å². The molecule has 1 amide bonds. The van der Waals surface area contributed by atoms with Gasteiger partial charge in [-0.1, -0.05) is 24.3 Å². The predicted molar refractivity (Wildman–Crippen MR) is 94.2 cm³/mol. The predicted octanol–water partition coefficient (Wildman–Crippen LogP) is 2.90. The Balaban J connectivity index is 0.00000121. The maximum Gasteiger partial charge on any atom is 0.273 e. The molecule has 2 aromatic rings. The summed E-state index contributed by atoms with van der Waals surface area (Å²) in [7, 11) is 1.98. The van der Waals surface area contributed by atoms with Gasteiger partial charge in [0, 0.05) is 30.7 Å². The lowest BCUT2D eigenvalue weighted by atomic mass is 10.0. The van der Waals surface area contributed by atoms with Crippen molar-refractivity contribution < 1.29 is 4.79 Å². The summed E-state index contributed by atoms with van der Waals surface area (Å²) < 4.78 is 0. The summed E-state index contributed by atoms with van der Waals surface area (Å²) in [4.78, 5) is 18.9. The van der Waals surface area contributed by atoms with Crippen LogP contribution in [0.2, 0.25) is 0 Å². The molecule has 1 fully saturated rings. The van der Waals surface area contributed by atoms with E-state index in [-0.39, 0.29) is 30.7 Å². The van der Waals surface area contributed by atoms with E-state index in [1.165, 1.54) is 0 Å². The molecule has 0 aliphatic carbocycles. The Morgan fingerprint density at radius 1 is 1.18 bits per heavy atom. The maximum absolute atomic E-state index is 12.7. The highest BCUT2D eigenvalue weighted by Crippen LogP contribution is 2.19. The van der Waals surface area contributed by atoms with Crippen LogP contribution in [0.5, 0.6) is 0 Å². The van der Waals surface area contributed by atoms with Crippen LogP contribution in [0, 0.1) is 0 Å². The molecule has 1 aliphatic heterocycles. The molecule has 0 unspecified atom stereocenters. The summed E-state index contributed by atoms with van der Waals surface area (Å²) in [6, 6.07) is 10.4. The Morgan fingerprint density at radius 2 is 1.86 bits per heavy atom. The number of nitrogens with one attached hydrogen (secondary N) is 1. The quantitative estimate of drug-likeness (QED) is 0.913. The fraction of sp³-hybridized carbons (Fsp3) is 0.375. The molecule has 6 heteroatoms. The van der Waals surface area contributed by atoms with E-state index in [0.29, 0.717) is 11.7 Å². The van der Waals surface area contributed by atoms with Gasteiger partial charge in [0.2, 0.25) is 0 Å². The number of likely N-dealkylation sites (tertiary alicyclic amines) is 1. The first kappa shape index (κ1) is 18.7. The Labute approximate surface area is 143 Å². The van der Waals surface area contributed by atoms with Gasteiger partial charge in [0.05, 0.1) is 0 Å². The minimum absolute atomic E-state index is 0. The molecular formula is C16H21Cl2N3O. The molecule has 4 nitrogen and oxygen atoms in total. The van der Waals surface area contributed by atoms with E-state index in [2.05, 4.69) is 10.3 Å². The van der Waals surface area contributed by atoms with E-state index >= 15 is 0 Å². The summed E-state index contributed by atoms with van der Waals surface area (Å²) in [6.07, 6.45) is 3.73. The second-order valence-electron chi connectivity index (χ2n) is 5.24. The van der Waals surface area contributed by atoms with Crippen molar-refractivity contribution in [3.8, 4) is 0 Å². The van der Waals surface area contributed by atoms with E-state index in [4.69, 9.17) is 0 Å². The van der Waals surface area contributed by atoms with E-state index in [1.807, 2.05) is 42.3 Å². The summed E-state index contributed by atoms with van der Waals surface area (Å²) in [6.45, 7) is 1.60. The smallest absolute Gasteiger partial charge is 0.273 e. The lowest BCUT2D eigenvalue weighted by molar-refractivity contribution is 0.0703. The van der Waals surface area contributed by atoms with E-state index in [0.717, 1.165) is 36.7 Å². The Bertz CT molecular complexity index is 622. The number of hydrogen-bond donors (Lipinski definition) is 1. The van der Waals surface area contributed by atoms with E-state index in [1.54, 1.807) is 6.20 Å².